The van der Waals surface area contributed by atoms with Crippen LogP contribution in [0.15, 0.2) is 18.2 Å². The minimum absolute atomic E-state index is 0. The summed E-state index contributed by atoms with van der Waals surface area (Å²) in [6.45, 7) is 1.23. The van der Waals surface area contributed by atoms with E-state index in [0.29, 0.717) is 13.2 Å². The first-order valence-electron chi connectivity index (χ1n) is 5.32. The smallest absolute Gasteiger partial charge is 0.406 e. The molecular weight excluding hydrogens is 290 g/mol. The number of hydrogen-bond acceptors (Lipinski definition) is 3. The number of rotatable bonds is 2. The van der Waals surface area contributed by atoms with Crippen molar-refractivity contribution < 1.29 is 27.0 Å². The van der Waals surface area contributed by atoms with Gasteiger partial charge in [-0.1, -0.05) is 0 Å². The molecule has 1 aromatic carbocycles. The number of benzene rings is 1. The molecule has 1 aromatic rings. The van der Waals surface area contributed by atoms with Crippen LogP contribution < -0.4 is 10.1 Å². The first kappa shape index (κ1) is 16.0. The lowest BCUT2D eigenvalue weighted by Gasteiger charge is -2.24. The van der Waals surface area contributed by atoms with Crippen LogP contribution in [0, 0.1) is 5.82 Å². The summed E-state index contributed by atoms with van der Waals surface area (Å²) in [4.78, 5) is 0. The summed E-state index contributed by atoms with van der Waals surface area (Å²) < 4.78 is 58.6. The number of halogens is 5. The van der Waals surface area contributed by atoms with Gasteiger partial charge in [-0.3, -0.25) is 0 Å². The standard InChI is InChI=1S/C11H11F4NO2.ClH/c12-9-2-1-7(18-11(13,14)15)5-8(9)10-6-17-4-3-16-10;/h1-2,5,10,16H,3-4,6H2;1H/t10-;/m0./s1. The maximum absolute atomic E-state index is 13.6. The summed E-state index contributed by atoms with van der Waals surface area (Å²) >= 11 is 0. The van der Waals surface area contributed by atoms with Gasteiger partial charge in [0.15, 0.2) is 0 Å². The molecule has 2 rings (SSSR count). The Morgan fingerprint density at radius 3 is 2.63 bits per heavy atom. The first-order valence-corrected chi connectivity index (χ1v) is 5.32. The Hall–Kier alpha value is -1.05. The normalized spacial score (nSPS) is 19.7. The largest absolute Gasteiger partial charge is 0.573 e. The van der Waals surface area contributed by atoms with Crippen molar-refractivity contribution in [2.75, 3.05) is 19.8 Å². The van der Waals surface area contributed by atoms with Crippen LogP contribution in [0.5, 0.6) is 5.75 Å². The van der Waals surface area contributed by atoms with Gasteiger partial charge in [-0.15, -0.1) is 25.6 Å². The number of nitrogens with one attached hydrogen (secondary N) is 1. The van der Waals surface area contributed by atoms with Crippen LogP contribution in [0.25, 0.3) is 0 Å². The van der Waals surface area contributed by atoms with E-state index in [1.54, 1.807) is 0 Å². The number of morpholine rings is 1. The van der Waals surface area contributed by atoms with E-state index in [-0.39, 0.29) is 24.6 Å². The molecule has 1 heterocycles. The van der Waals surface area contributed by atoms with Crippen LogP contribution >= 0.6 is 12.4 Å². The fraction of sp³-hybridized carbons (Fsp3) is 0.455. The Labute approximate surface area is 113 Å². The zero-order valence-corrected chi connectivity index (χ0v) is 10.5. The highest BCUT2D eigenvalue weighted by molar-refractivity contribution is 5.85. The van der Waals surface area contributed by atoms with Crippen molar-refractivity contribution >= 4 is 12.4 Å². The fourth-order valence-electron chi connectivity index (χ4n) is 1.75. The third kappa shape index (κ3) is 4.52. The van der Waals surface area contributed by atoms with Crippen molar-refractivity contribution in [2.45, 2.75) is 12.4 Å². The SMILES string of the molecule is Cl.Fc1ccc(OC(F)(F)F)cc1[C@@H]1COCCN1. The molecule has 0 radical (unpaired) electrons. The second-order valence-electron chi connectivity index (χ2n) is 3.81. The van der Waals surface area contributed by atoms with Gasteiger partial charge in [-0.05, 0) is 18.2 Å². The minimum Gasteiger partial charge on any atom is -0.406 e. The Morgan fingerprint density at radius 2 is 2.05 bits per heavy atom. The van der Waals surface area contributed by atoms with E-state index in [9.17, 15) is 17.6 Å². The monoisotopic (exact) mass is 301 g/mol. The van der Waals surface area contributed by atoms with Crippen LogP contribution in [-0.2, 0) is 4.74 Å². The lowest BCUT2D eigenvalue weighted by molar-refractivity contribution is -0.274. The van der Waals surface area contributed by atoms with E-state index < -0.39 is 24.0 Å². The number of hydrogen-bond donors (Lipinski definition) is 1. The Bertz CT molecular complexity index is 422. The molecule has 3 nitrogen and oxygen atoms in total. The summed E-state index contributed by atoms with van der Waals surface area (Å²) in [5.41, 5.74) is 0.108. The van der Waals surface area contributed by atoms with Crippen molar-refractivity contribution in [3.8, 4) is 5.75 Å². The first-order chi connectivity index (χ1) is 8.46. The van der Waals surface area contributed by atoms with E-state index in [4.69, 9.17) is 4.74 Å². The molecule has 108 valence electrons. The molecule has 0 saturated carbocycles. The third-order valence-corrected chi connectivity index (χ3v) is 2.50. The van der Waals surface area contributed by atoms with Gasteiger partial charge in [0.25, 0.3) is 0 Å². The van der Waals surface area contributed by atoms with Crippen molar-refractivity contribution in [1.82, 2.24) is 5.32 Å². The topological polar surface area (TPSA) is 30.5 Å². The molecule has 0 aliphatic carbocycles. The quantitative estimate of drug-likeness (QED) is 0.852. The maximum atomic E-state index is 13.6. The predicted molar refractivity (Wildman–Crippen MR) is 61.9 cm³/mol. The Morgan fingerprint density at radius 1 is 1.32 bits per heavy atom. The summed E-state index contributed by atoms with van der Waals surface area (Å²) in [7, 11) is 0. The third-order valence-electron chi connectivity index (χ3n) is 2.50. The van der Waals surface area contributed by atoms with Crippen LogP contribution in [0.1, 0.15) is 11.6 Å². The van der Waals surface area contributed by atoms with Gasteiger partial charge < -0.3 is 14.8 Å². The van der Waals surface area contributed by atoms with E-state index in [1.807, 2.05) is 0 Å². The van der Waals surface area contributed by atoms with Crippen molar-refractivity contribution in [2.24, 2.45) is 0 Å². The molecule has 0 unspecified atom stereocenters. The lowest BCUT2D eigenvalue weighted by Crippen LogP contribution is -2.35. The van der Waals surface area contributed by atoms with Crippen LogP contribution in [0.3, 0.4) is 0 Å². The molecule has 0 amide bonds. The van der Waals surface area contributed by atoms with Crippen LogP contribution in [0.4, 0.5) is 17.6 Å². The lowest BCUT2D eigenvalue weighted by atomic mass is 10.1. The van der Waals surface area contributed by atoms with Crippen LogP contribution in [0.2, 0.25) is 0 Å². The molecule has 19 heavy (non-hydrogen) atoms. The minimum atomic E-state index is -4.79. The molecule has 1 fully saturated rings. The molecule has 0 bridgehead atoms. The summed E-state index contributed by atoms with van der Waals surface area (Å²) in [6, 6.07) is 2.47. The molecule has 1 N–H and O–H groups in total. The molecule has 1 saturated heterocycles. The predicted octanol–water partition coefficient (Wildman–Crippen LogP) is 2.81. The number of ether oxygens (including phenoxy) is 2. The van der Waals surface area contributed by atoms with E-state index in [1.165, 1.54) is 0 Å². The molecule has 1 aliphatic heterocycles. The molecule has 8 heteroatoms. The van der Waals surface area contributed by atoms with Crippen molar-refractivity contribution in [1.29, 1.82) is 0 Å². The zero-order chi connectivity index (χ0) is 13.2. The molecule has 1 aliphatic rings. The summed E-state index contributed by atoms with van der Waals surface area (Å²) in [6.07, 6.45) is -4.79. The average Bonchev–Trinajstić information content (AvgIpc) is 2.31. The van der Waals surface area contributed by atoms with Gasteiger partial charge in [-0.2, -0.15) is 0 Å². The van der Waals surface area contributed by atoms with Crippen molar-refractivity contribution in [3.63, 3.8) is 0 Å². The summed E-state index contributed by atoms with van der Waals surface area (Å²) in [5, 5.41) is 2.96. The van der Waals surface area contributed by atoms with Gasteiger partial charge in [0.05, 0.1) is 19.3 Å². The summed E-state index contributed by atoms with van der Waals surface area (Å²) in [5.74, 6) is -1.03. The van der Waals surface area contributed by atoms with Crippen LogP contribution in [-0.4, -0.2) is 26.1 Å². The van der Waals surface area contributed by atoms with E-state index in [0.717, 1.165) is 18.2 Å². The second-order valence-corrected chi connectivity index (χ2v) is 3.81. The van der Waals surface area contributed by atoms with Gasteiger partial charge in [0.1, 0.15) is 11.6 Å². The zero-order valence-electron chi connectivity index (χ0n) is 9.67. The highest BCUT2D eigenvalue weighted by Gasteiger charge is 2.31. The highest BCUT2D eigenvalue weighted by atomic mass is 35.5. The van der Waals surface area contributed by atoms with Gasteiger partial charge >= 0.3 is 6.36 Å². The molecule has 0 aromatic heterocycles. The molecule has 1 atom stereocenters. The van der Waals surface area contributed by atoms with Gasteiger partial charge in [0, 0.05) is 12.1 Å². The van der Waals surface area contributed by atoms with E-state index >= 15 is 0 Å². The maximum Gasteiger partial charge on any atom is 0.573 e. The Kier molecular flexibility index (Phi) is 5.39. The Balaban J connectivity index is 0.00000180. The van der Waals surface area contributed by atoms with Gasteiger partial charge in [-0.25, -0.2) is 4.39 Å². The average molecular weight is 302 g/mol. The number of alkyl halides is 3. The van der Waals surface area contributed by atoms with Crippen molar-refractivity contribution in [3.05, 3.63) is 29.6 Å². The second kappa shape index (κ2) is 6.40. The fourth-order valence-corrected chi connectivity index (χ4v) is 1.75. The highest BCUT2D eigenvalue weighted by Crippen LogP contribution is 2.28. The van der Waals surface area contributed by atoms with Gasteiger partial charge in [0.2, 0.25) is 0 Å². The molecular formula is C11H12ClF4NO2. The van der Waals surface area contributed by atoms with E-state index in [2.05, 4.69) is 10.1 Å². The molecule has 0 spiro atoms.